The molecule has 5 heteroatoms. The van der Waals surface area contributed by atoms with Crippen molar-refractivity contribution < 1.29 is 20.1 Å². The quantitative estimate of drug-likeness (QED) is 0.665. The molecule has 4 N–H and O–H groups in total. The molecule has 112 valence electrons. The van der Waals surface area contributed by atoms with Crippen LogP contribution in [0.25, 0.3) is 10.8 Å². The zero-order valence-electron chi connectivity index (χ0n) is 11.7. The van der Waals surface area contributed by atoms with Crippen molar-refractivity contribution >= 4 is 16.5 Å². The maximum absolute atomic E-state index is 10.1. The predicted molar refractivity (Wildman–Crippen MR) is 79.9 cm³/mol. The Labute approximate surface area is 122 Å². The Morgan fingerprint density at radius 1 is 0.905 bits per heavy atom. The van der Waals surface area contributed by atoms with Gasteiger partial charge < -0.3 is 25.4 Å². The largest absolute Gasteiger partial charge is 0.388 e. The minimum Gasteiger partial charge on any atom is -0.388 e. The van der Waals surface area contributed by atoms with Crippen molar-refractivity contribution in [3.05, 3.63) is 42.5 Å². The average molecular weight is 289 g/mol. The van der Waals surface area contributed by atoms with Gasteiger partial charge in [0.2, 0.25) is 0 Å². The van der Waals surface area contributed by atoms with Gasteiger partial charge in [0.15, 0.2) is 6.23 Å². The number of fused-ring (bicyclic) bond motifs is 1. The number of aliphatic hydroxyl groups is 3. The molecule has 2 aromatic carbocycles. The Balaban J connectivity index is 1.88. The van der Waals surface area contributed by atoms with E-state index in [1.165, 1.54) is 0 Å². The first-order chi connectivity index (χ1) is 10.1. The molecular weight excluding hydrogens is 270 g/mol. The fraction of sp³-hybridized carbons (Fsp3) is 0.375. The Kier molecular flexibility index (Phi) is 3.82. The fourth-order valence-electron chi connectivity index (χ4n) is 2.67. The van der Waals surface area contributed by atoms with Gasteiger partial charge in [-0.25, -0.2) is 0 Å². The van der Waals surface area contributed by atoms with Gasteiger partial charge in [-0.15, -0.1) is 0 Å². The summed E-state index contributed by atoms with van der Waals surface area (Å²) in [6, 6.07) is 13.7. The number of benzene rings is 2. The summed E-state index contributed by atoms with van der Waals surface area (Å²) in [4.78, 5) is 0. The van der Waals surface area contributed by atoms with E-state index in [0.717, 1.165) is 16.5 Å². The molecule has 5 atom stereocenters. The van der Waals surface area contributed by atoms with Crippen LogP contribution in [0.5, 0.6) is 0 Å². The first-order valence-electron chi connectivity index (χ1n) is 7.02. The number of hydrogen-bond donors (Lipinski definition) is 4. The second kappa shape index (κ2) is 5.61. The third-order valence-electron chi connectivity index (χ3n) is 3.94. The van der Waals surface area contributed by atoms with Crippen LogP contribution in [0.4, 0.5) is 5.69 Å². The minimum atomic E-state index is -1.23. The molecule has 0 saturated carbocycles. The molecule has 3 rings (SSSR count). The van der Waals surface area contributed by atoms with E-state index in [4.69, 9.17) is 4.74 Å². The van der Waals surface area contributed by atoms with Crippen molar-refractivity contribution in [1.82, 2.24) is 0 Å². The van der Waals surface area contributed by atoms with Crippen LogP contribution >= 0.6 is 0 Å². The molecular formula is C16H19NO4. The van der Waals surface area contributed by atoms with Crippen LogP contribution in [0.1, 0.15) is 6.92 Å². The van der Waals surface area contributed by atoms with Crippen molar-refractivity contribution in [2.24, 2.45) is 0 Å². The van der Waals surface area contributed by atoms with Crippen LogP contribution in [0.2, 0.25) is 0 Å². The lowest BCUT2D eigenvalue weighted by atomic mass is 9.98. The van der Waals surface area contributed by atoms with Gasteiger partial charge in [-0.05, 0) is 18.4 Å². The molecule has 0 spiro atoms. The summed E-state index contributed by atoms with van der Waals surface area (Å²) in [6.45, 7) is 1.66. The van der Waals surface area contributed by atoms with Crippen molar-refractivity contribution in [3.8, 4) is 0 Å². The minimum absolute atomic E-state index is 0.559. The van der Waals surface area contributed by atoms with E-state index in [1.54, 1.807) is 6.92 Å². The number of aliphatic hydroxyl groups excluding tert-OH is 3. The second-order valence-corrected chi connectivity index (χ2v) is 5.40. The summed E-state index contributed by atoms with van der Waals surface area (Å²) in [6.07, 6.45) is -4.86. The van der Waals surface area contributed by atoms with Gasteiger partial charge in [0.25, 0.3) is 0 Å². The van der Waals surface area contributed by atoms with E-state index >= 15 is 0 Å². The van der Waals surface area contributed by atoms with Gasteiger partial charge in [0, 0.05) is 11.1 Å². The normalized spacial score (nSPS) is 33.0. The molecule has 0 bridgehead atoms. The molecule has 5 nitrogen and oxygen atoms in total. The monoisotopic (exact) mass is 289 g/mol. The van der Waals surface area contributed by atoms with E-state index in [-0.39, 0.29) is 0 Å². The molecule has 1 aliphatic rings. The lowest BCUT2D eigenvalue weighted by molar-refractivity contribution is -0.209. The zero-order chi connectivity index (χ0) is 15.0. The molecule has 0 radical (unpaired) electrons. The molecule has 1 heterocycles. The molecule has 21 heavy (non-hydrogen) atoms. The second-order valence-electron chi connectivity index (χ2n) is 5.40. The molecule has 1 saturated heterocycles. The molecule has 0 unspecified atom stereocenters. The van der Waals surface area contributed by atoms with Crippen LogP contribution in [-0.2, 0) is 4.74 Å². The highest BCUT2D eigenvalue weighted by molar-refractivity contribution is 5.93. The molecule has 0 aromatic heterocycles. The number of rotatable bonds is 2. The summed E-state index contributed by atoms with van der Waals surface area (Å²) < 4.78 is 5.56. The van der Waals surface area contributed by atoms with Crippen LogP contribution in [0, 0.1) is 0 Å². The third kappa shape index (κ3) is 2.61. The molecule has 0 amide bonds. The van der Waals surface area contributed by atoms with Crippen LogP contribution < -0.4 is 5.32 Å². The van der Waals surface area contributed by atoms with E-state index in [0.29, 0.717) is 0 Å². The summed E-state index contributed by atoms with van der Waals surface area (Å²) >= 11 is 0. The van der Waals surface area contributed by atoms with Crippen LogP contribution in [0.3, 0.4) is 0 Å². The van der Waals surface area contributed by atoms with Crippen molar-refractivity contribution in [1.29, 1.82) is 0 Å². The average Bonchev–Trinajstić information content (AvgIpc) is 2.51. The van der Waals surface area contributed by atoms with Crippen LogP contribution in [0.15, 0.2) is 42.5 Å². The SMILES string of the molecule is C[C@H]1O[C@@H](Nc2cccc3ccccc23)[C@@H](O)[C@@H](O)[C@@H]1O. The summed E-state index contributed by atoms with van der Waals surface area (Å²) in [5.74, 6) is 0. The highest BCUT2D eigenvalue weighted by atomic mass is 16.5. The van der Waals surface area contributed by atoms with Gasteiger partial charge in [-0.1, -0.05) is 36.4 Å². The van der Waals surface area contributed by atoms with Gasteiger partial charge in [0.1, 0.15) is 18.3 Å². The van der Waals surface area contributed by atoms with Crippen molar-refractivity contribution in [3.63, 3.8) is 0 Å². The zero-order valence-corrected chi connectivity index (χ0v) is 11.7. The summed E-state index contributed by atoms with van der Waals surface area (Å²) in [5.41, 5.74) is 0.813. The maximum Gasteiger partial charge on any atom is 0.157 e. The predicted octanol–water partition coefficient (Wildman–Crippen LogP) is 1.08. The molecule has 2 aromatic rings. The Morgan fingerprint density at radius 3 is 2.43 bits per heavy atom. The number of hydrogen-bond acceptors (Lipinski definition) is 5. The molecule has 0 aliphatic carbocycles. The van der Waals surface area contributed by atoms with Gasteiger partial charge in [0.05, 0.1) is 6.10 Å². The smallest absolute Gasteiger partial charge is 0.157 e. The van der Waals surface area contributed by atoms with E-state index < -0.39 is 30.6 Å². The van der Waals surface area contributed by atoms with Crippen LogP contribution in [-0.4, -0.2) is 46.0 Å². The Hall–Kier alpha value is -1.66. The molecule has 1 aliphatic heterocycles. The standard InChI is InChI=1S/C16H19NO4/c1-9-13(18)14(19)15(20)16(21-9)17-12-8-4-6-10-5-2-3-7-11(10)12/h2-9,13-20H,1H3/t9-,13-,14+,15+,16-/m1/s1. The Morgan fingerprint density at radius 2 is 1.62 bits per heavy atom. The number of anilines is 1. The third-order valence-corrected chi connectivity index (χ3v) is 3.94. The first kappa shape index (κ1) is 14.3. The van der Waals surface area contributed by atoms with E-state index in [9.17, 15) is 15.3 Å². The summed E-state index contributed by atoms with van der Waals surface area (Å²) in [5, 5.41) is 34.8. The van der Waals surface area contributed by atoms with E-state index in [1.807, 2.05) is 42.5 Å². The number of ether oxygens (including phenoxy) is 1. The fourth-order valence-corrected chi connectivity index (χ4v) is 2.67. The lowest BCUT2D eigenvalue weighted by Gasteiger charge is -2.40. The first-order valence-corrected chi connectivity index (χ1v) is 7.02. The summed E-state index contributed by atoms with van der Waals surface area (Å²) in [7, 11) is 0. The van der Waals surface area contributed by atoms with Crippen molar-refractivity contribution in [2.45, 2.75) is 37.6 Å². The number of nitrogens with one attached hydrogen (secondary N) is 1. The van der Waals surface area contributed by atoms with Gasteiger partial charge in [-0.3, -0.25) is 0 Å². The topological polar surface area (TPSA) is 82.0 Å². The highest BCUT2D eigenvalue weighted by Crippen LogP contribution is 2.27. The van der Waals surface area contributed by atoms with Gasteiger partial charge >= 0.3 is 0 Å². The lowest BCUT2D eigenvalue weighted by Crippen LogP contribution is -2.58. The molecule has 1 fully saturated rings. The van der Waals surface area contributed by atoms with E-state index in [2.05, 4.69) is 5.32 Å². The van der Waals surface area contributed by atoms with Gasteiger partial charge in [-0.2, -0.15) is 0 Å². The van der Waals surface area contributed by atoms with Crippen molar-refractivity contribution in [2.75, 3.05) is 5.32 Å². The Bertz CT molecular complexity index is 627. The maximum atomic E-state index is 10.1. The highest BCUT2D eigenvalue weighted by Gasteiger charge is 2.41.